The first-order valence-electron chi connectivity index (χ1n) is 8.59. The van der Waals surface area contributed by atoms with Crippen molar-refractivity contribution in [1.82, 2.24) is 14.3 Å². The Labute approximate surface area is 190 Å². The molecule has 158 valence electrons. The van der Waals surface area contributed by atoms with Crippen LogP contribution >= 0.6 is 34.5 Å². The number of amides is 2. The minimum absolute atomic E-state index is 0.0851. The Kier molecular flexibility index (Phi) is 5.71. The summed E-state index contributed by atoms with van der Waals surface area (Å²) in [5.41, 5.74) is -0.0397. The van der Waals surface area contributed by atoms with E-state index in [1.165, 1.54) is 35.0 Å². The van der Waals surface area contributed by atoms with Gasteiger partial charge >= 0.3 is 6.03 Å². The summed E-state index contributed by atoms with van der Waals surface area (Å²) >= 11 is 12.5. The number of halogens is 2. The number of fused-ring (bicyclic) bond motifs is 1. The van der Waals surface area contributed by atoms with Crippen LogP contribution in [0.1, 0.15) is 0 Å². The number of nitrogens with one attached hydrogen (secondary N) is 2. The molecule has 2 N–H and O–H groups in total. The van der Waals surface area contributed by atoms with Crippen LogP contribution in [0.5, 0.6) is 0 Å². The second kappa shape index (κ2) is 8.31. The third-order valence-corrected chi connectivity index (χ3v) is 7.45. The van der Waals surface area contributed by atoms with Crippen molar-refractivity contribution in [3.63, 3.8) is 0 Å². The molecule has 0 saturated heterocycles. The Bertz CT molecular complexity index is 1460. The summed E-state index contributed by atoms with van der Waals surface area (Å²) in [4.78, 5) is 29.0. The number of hydrogen-bond acceptors (Lipinski definition) is 6. The molecule has 0 fully saturated rings. The van der Waals surface area contributed by atoms with Crippen LogP contribution in [0.2, 0.25) is 9.36 Å². The molecule has 2 amide bonds. The molecule has 8 nitrogen and oxygen atoms in total. The molecule has 0 aliphatic heterocycles. The first kappa shape index (κ1) is 21.3. The molecular weight excluding hydrogens is 483 g/mol. The lowest BCUT2D eigenvalue weighted by Crippen LogP contribution is -2.34. The highest BCUT2D eigenvalue weighted by atomic mass is 35.5. The quantitative estimate of drug-likeness (QED) is 0.440. The minimum atomic E-state index is -4.04. The highest BCUT2D eigenvalue weighted by molar-refractivity contribution is 7.92. The van der Waals surface area contributed by atoms with Crippen LogP contribution in [0.25, 0.3) is 16.6 Å². The lowest BCUT2D eigenvalue weighted by molar-refractivity contribution is 0.256. The smallest absolute Gasteiger partial charge is 0.306 e. The molecule has 0 radical (unpaired) electrons. The number of sulfonamides is 1. The molecule has 4 aromatic rings. The number of benzene rings is 1. The van der Waals surface area contributed by atoms with Crippen molar-refractivity contribution in [2.75, 3.05) is 5.32 Å². The van der Waals surface area contributed by atoms with Crippen LogP contribution in [0.15, 0.2) is 69.9 Å². The lowest BCUT2D eigenvalue weighted by atomic mass is 10.2. The zero-order valence-electron chi connectivity index (χ0n) is 15.4. The molecule has 3 aromatic heterocycles. The number of thiophene rings is 1. The third kappa shape index (κ3) is 4.57. The second-order valence-electron chi connectivity index (χ2n) is 6.25. The molecule has 1 aromatic carbocycles. The minimum Gasteiger partial charge on any atom is -0.306 e. The van der Waals surface area contributed by atoms with Crippen LogP contribution in [-0.4, -0.2) is 24.0 Å². The maximum Gasteiger partial charge on any atom is 0.333 e. The van der Waals surface area contributed by atoms with Crippen LogP contribution in [0, 0.1) is 0 Å². The number of rotatable bonds is 4. The molecule has 0 atom stereocenters. The van der Waals surface area contributed by atoms with Gasteiger partial charge in [0.2, 0.25) is 0 Å². The SMILES string of the molecule is O=C(Nc1ccc(-n2ccc3cc(Cl)ccc3c2=O)nc1)NS(=O)(=O)c1ccc(Cl)s1. The van der Waals surface area contributed by atoms with E-state index in [9.17, 15) is 18.0 Å². The van der Waals surface area contributed by atoms with Crippen LogP contribution in [0.4, 0.5) is 10.5 Å². The highest BCUT2D eigenvalue weighted by Crippen LogP contribution is 2.25. The summed E-state index contributed by atoms with van der Waals surface area (Å²) in [5, 5.41) is 4.10. The number of urea groups is 1. The van der Waals surface area contributed by atoms with E-state index < -0.39 is 16.1 Å². The molecule has 0 bridgehead atoms. The van der Waals surface area contributed by atoms with Crippen molar-refractivity contribution in [3.8, 4) is 5.82 Å². The monoisotopic (exact) mass is 494 g/mol. The maximum absolute atomic E-state index is 12.7. The van der Waals surface area contributed by atoms with E-state index >= 15 is 0 Å². The topological polar surface area (TPSA) is 110 Å². The normalized spacial score (nSPS) is 11.4. The predicted octanol–water partition coefficient (Wildman–Crippen LogP) is 4.26. The van der Waals surface area contributed by atoms with Gasteiger partial charge in [0.1, 0.15) is 10.0 Å². The van der Waals surface area contributed by atoms with Crippen molar-refractivity contribution < 1.29 is 13.2 Å². The average molecular weight is 495 g/mol. The first-order chi connectivity index (χ1) is 14.7. The fraction of sp³-hybridized carbons (Fsp3) is 0. The Morgan fingerprint density at radius 3 is 2.55 bits per heavy atom. The Morgan fingerprint density at radius 2 is 1.87 bits per heavy atom. The lowest BCUT2D eigenvalue weighted by Gasteiger charge is -2.09. The van der Waals surface area contributed by atoms with Gasteiger partial charge in [-0.2, -0.15) is 0 Å². The van der Waals surface area contributed by atoms with E-state index in [1.807, 2.05) is 4.72 Å². The van der Waals surface area contributed by atoms with Crippen LogP contribution in [-0.2, 0) is 10.0 Å². The number of carbonyl (C=O) groups excluding carboxylic acids is 1. The van der Waals surface area contributed by atoms with Crippen molar-refractivity contribution in [2.24, 2.45) is 0 Å². The maximum atomic E-state index is 12.7. The van der Waals surface area contributed by atoms with Crippen LogP contribution < -0.4 is 15.6 Å². The van der Waals surface area contributed by atoms with Gasteiger partial charge in [-0.15, -0.1) is 11.3 Å². The number of pyridine rings is 2. The number of anilines is 1. The fourth-order valence-electron chi connectivity index (χ4n) is 2.77. The third-order valence-electron chi connectivity index (χ3n) is 4.16. The van der Waals surface area contributed by atoms with E-state index in [0.717, 1.165) is 11.3 Å². The number of nitrogens with zero attached hydrogens (tertiary/aromatic N) is 2. The van der Waals surface area contributed by atoms with Crippen LogP contribution in [0.3, 0.4) is 0 Å². The first-order valence-corrected chi connectivity index (χ1v) is 11.6. The van der Waals surface area contributed by atoms with Gasteiger partial charge in [0.05, 0.1) is 16.2 Å². The molecule has 0 unspecified atom stereocenters. The van der Waals surface area contributed by atoms with Crippen molar-refractivity contribution in [2.45, 2.75) is 4.21 Å². The van der Waals surface area contributed by atoms with Crippen molar-refractivity contribution >= 4 is 67.1 Å². The molecule has 31 heavy (non-hydrogen) atoms. The van der Waals surface area contributed by atoms with Gasteiger partial charge in [0.15, 0.2) is 0 Å². The summed E-state index contributed by atoms with van der Waals surface area (Å²) in [5.74, 6) is 0.327. The zero-order valence-corrected chi connectivity index (χ0v) is 18.5. The summed E-state index contributed by atoms with van der Waals surface area (Å²) in [6, 6.07) is 11.5. The van der Waals surface area contributed by atoms with Crippen molar-refractivity contribution in [3.05, 3.63) is 80.6 Å². The molecule has 0 aliphatic carbocycles. The molecule has 3 heterocycles. The Morgan fingerprint density at radius 1 is 1.06 bits per heavy atom. The second-order valence-corrected chi connectivity index (χ2v) is 10.3. The molecule has 4 rings (SSSR count). The van der Waals surface area contributed by atoms with Gasteiger partial charge in [-0.05, 0) is 53.9 Å². The van der Waals surface area contributed by atoms with E-state index in [1.54, 1.807) is 30.5 Å². The Hall–Kier alpha value is -2.92. The van der Waals surface area contributed by atoms with Crippen molar-refractivity contribution in [1.29, 1.82) is 0 Å². The highest BCUT2D eigenvalue weighted by Gasteiger charge is 2.20. The standard InChI is InChI=1S/C19H12Cl2N4O4S2/c20-12-1-3-14-11(9-12)7-8-25(18(14)26)16-5-2-13(10-22-16)23-19(27)24-31(28,29)17-6-4-15(21)30-17/h1-10H,(H2,23,24,27). The summed E-state index contributed by atoms with van der Waals surface area (Å²) in [6.07, 6.45) is 2.88. The fourth-order valence-corrected chi connectivity index (χ4v) is 5.34. The van der Waals surface area contributed by atoms with Gasteiger partial charge in [-0.3, -0.25) is 9.36 Å². The summed E-state index contributed by atoms with van der Waals surface area (Å²) < 4.78 is 27.8. The molecule has 12 heteroatoms. The molecular formula is C19H12Cl2N4O4S2. The Balaban J connectivity index is 1.52. The van der Waals surface area contributed by atoms with Gasteiger partial charge < -0.3 is 5.32 Å². The number of aromatic nitrogens is 2. The number of hydrogen-bond donors (Lipinski definition) is 2. The summed E-state index contributed by atoms with van der Waals surface area (Å²) in [7, 11) is -4.04. The largest absolute Gasteiger partial charge is 0.333 e. The van der Waals surface area contributed by atoms with E-state index in [0.29, 0.717) is 21.6 Å². The van der Waals surface area contributed by atoms with Gasteiger partial charge in [0, 0.05) is 16.6 Å². The van der Waals surface area contributed by atoms with Gasteiger partial charge in [-0.1, -0.05) is 23.2 Å². The average Bonchev–Trinajstić information content (AvgIpc) is 3.16. The van der Waals surface area contributed by atoms with E-state index in [2.05, 4.69) is 10.3 Å². The number of carbonyl (C=O) groups is 1. The zero-order chi connectivity index (χ0) is 22.2. The van der Waals surface area contributed by atoms with Gasteiger partial charge in [-0.25, -0.2) is 22.9 Å². The summed E-state index contributed by atoms with van der Waals surface area (Å²) in [6.45, 7) is 0. The molecule has 0 aliphatic rings. The predicted molar refractivity (Wildman–Crippen MR) is 121 cm³/mol. The van der Waals surface area contributed by atoms with E-state index in [-0.39, 0.29) is 19.8 Å². The molecule has 0 saturated carbocycles. The van der Waals surface area contributed by atoms with Gasteiger partial charge in [0.25, 0.3) is 15.6 Å². The molecule has 0 spiro atoms. The van der Waals surface area contributed by atoms with E-state index in [4.69, 9.17) is 23.2 Å².